The van der Waals surface area contributed by atoms with Gasteiger partial charge in [0.1, 0.15) is 0 Å². The van der Waals surface area contributed by atoms with Gasteiger partial charge in [-0.25, -0.2) is 0 Å². The van der Waals surface area contributed by atoms with Gasteiger partial charge in [-0.1, -0.05) is 24.3 Å². The molecule has 1 fully saturated rings. The Kier molecular flexibility index (Phi) is 4.95. The van der Waals surface area contributed by atoms with Crippen molar-refractivity contribution in [2.45, 2.75) is 17.7 Å². The quantitative estimate of drug-likeness (QED) is 0.840. The molecule has 27 heavy (non-hydrogen) atoms. The molecule has 0 bridgehead atoms. The van der Waals surface area contributed by atoms with E-state index < -0.39 is 0 Å². The van der Waals surface area contributed by atoms with E-state index in [-0.39, 0.29) is 35.8 Å². The molecule has 1 amide bonds. The highest BCUT2D eigenvalue weighted by molar-refractivity contribution is 8.02. The van der Waals surface area contributed by atoms with Crippen LogP contribution in [0, 0.1) is 11.8 Å². The van der Waals surface area contributed by atoms with Crippen LogP contribution in [0.5, 0.6) is 11.5 Å². The average Bonchev–Trinajstić information content (AvgIpc) is 3.29. The monoisotopic (exact) mass is 404 g/mol. The topological polar surface area (TPSA) is 59.9 Å². The Morgan fingerprint density at radius 1 is 1.30 bits per heavy atom. The number of carbonyl (C=O) groups excluding carboxylic acids is 1. The van der Waals surface area contributed by atoms with Gasteiger partial charge in [-0.05, 0) is 36.1 Å². The number of nitrogens with one attached hydrogen (secondary N) is 1. The van der Waals surface area contributed by atoms with Gasteiger partial charge in [0.2, 0.25) is 12.7 Å². The van der Waals surface area contributed by atoms with Crippen molar-refractivity contribution in [3.63, 3.8) is 0 Å². The van der Waals surface area contributed by atoms with Crippen molar-refractivity contribution in [3.8, 4) is 11.5 Å². The molecule has 7 heteroatoms. The first-order valence-electron chi connectivity index (χ1n) is 8.97. The summed E-state index contributed by atoms with van der Waals surface area (Å²) in [6, 6.07) is 5.81. The minimum absolute atomic E-state index is 0. The number of benzene rings is 1. The Morgan fingerprint density at radius 3 is 3.11 bits per heavy atom. The summed E-state index contributed by atoms with van der Waals surface area (Å²) in [7, 11) is 0. The molecule has 3 heterocycles. The van der Waals surface area contributed by atoms with Gasteiger partial charge < -0.3 is 14.8 Å². The van der Waals surface area contributed by atoms with Crippen LogP contribution in [-0.4, -0.2) is 35.5 Å². The standard InChI is InChI=1S/C20H20N2O3S.ClH/c23-19(22-10-13-4-5-16-17(9-13)25-12-24-16)14-11-26-20-7-2-1-3-18(20)21-8-6-15(14)20;/h1-5,7,9,14-15H,6,8,10-12H2,(H,22,23);1H/t14-,15?,20?;/m1./s1. The molecule has 4 aliphatic rings. The Balaban J connectivity index is 0.00000180. The predicted molar refractivity (Wildman–Crippen MR) is 109 cm³/mol. The molecule has 0 aromatic heterocycles. The normalized spacial score (nSPS) is 29.4. The average molecular weight is 405 g/mol. The number of carbonyl (C=O) groups is 1. The number of ether oxygens (including phenoxy) is 2. The molecule has 3 aliphatic heterocycles. The number of hydrogen-bond acceptors (Lipinski definition) is 5. The maximum absolute atomic E-state index is 12.9. The van der Waals surface area contributed by atoms with Crippen molar-refractivity contribution in [1.82, 2.24) is 5.32 Å². The van der Waals surface area contributed by atoms with Gasteiger partial charge in [-0.2, -0.15) is 0 Å². The largest absolute Gasteiger partial charge is 0.454 e. The van der Waals surface area contributed by atoms with Crippen LogP contribution >= 0.6 is 24.2 Å². The molecule has 1 aromatic rings. The van der Waals surface area contributed by atoms with E-state index in [1.807, 2.05) is 36.0 Å². The van der Waals surface area contributed by atoms with Crippen LogP contribution < -0.4 is 14.8 Å². The van der Waals surface area contributed by atoms with E-state index in [0.717, 1.165) is 41.5 Å². The number of allylic oxidation sites excluding steroid dienone is 3. The predicted octanol–water partition coefficient (Wildman–Crippen LogP) is 3.14. The van der Waals surface area contributed by atoms with E-state index in [2.05, 4.69) is 23.5 Å². The molecular weight excluding hydrogens is 384 g/mol. The van der Waals surface area contributed by atoms with Crippen LogP contribution in [0.15, 0.2) is 47.5 Å². The lowest BCUT2D eigenvalue weighted by Crippen LogP contribution is -2.46. The van der Waals surface area contributed by atoms with Crippen LogP contribution in [-0.2, 0) is 11.3 Å². The fourth-order valence-electron chi connectivity index (χ4n) is 4.29. The van der Waals surface area contributed by atoms with Crippen LogP contribution in [0.25, 0.3) is 0 Å². The van der Waals surface area contributed by atoms with Gasteiger partial charge in [0.15, 0.2) is 11.5 Å². The Hall–Kier alpha value is -1.92. The lowest BCUT2D eigenvalue weighted by atomic mass is 9.74. The van der Waals surface area contributed by atoms with E-state index in [4.69, 9.17) is 14.5 Å². The molecule has 0 radical (unpaired) electrons. The van der Waals surface area contributed by atoms with Gasteiger partial charge in [0.25, 0.3) is 0 Å². The number of hydrogen-bond donors (Lipinski definition) is 1. The SMILES string of the molecule is Cl.O=C(NCc1ccc2c(c1)OCO2)[C@@H]1CSC23C=CC=CC2=NCCC13. The van der Waals surface area contributed by atoms with E-state index in [1.54, 1.807) is 0 Å². The molecule has 1 spiro atoms. The van der Waals surface area contributed by atoms with Gasteiger partial charge in [-0.15, -0.1) is 24.2 Å². The van der Waals surface area contributed by atoms with Crippen LogP contribution in [0.2, 0.25) is 0 Å². The Bertz CT molecular complexity index is 854. The smallest absolute Gasteiger partial charge is 0.231 e. The van der Waals surface area contributed by atoms with Gasteiger partial charge in [-0.3, -0.25) is 9.79 Å². The maximum Gasteiger partial charge on any atom is 0.231 e. The van der Waals surface area contributed by atoms with Crippen molar-refractivity contribution in [2.24, 2.45) is 16.8 Å². The molecule has 1 aromatic carbocycles. The molecule has 5 nitrogen and oxygen atoms in total. The summed E-state index contributed by atoms with van der Waals surface area (Å²) in [4.78, 5) is 17.6. The van der Waals surface area contributed by atoms with E-state index in [0.29, 0.717) is 12.5 Å². The summed E-state index contributed by atoms with van der Waals surface area (Å²) in [5.41, 5.74) is 2.15. The minimum atomic E-state index is -0.103. The molecule has 2 unspecified atom stereocenters. The lowest BCUT2D eigenvalue weighted by Gasteiger charge is -2.38. The summed E-state index contributed by atoms with van der Waals surface area (Å²) < 4.78 is 10.6. The second-order valence-electron chi connectivity index (χ2n) is 7.00. The van der Waals surface area contributed by atoms with Crippen LogP contribution in [0.3, 0.4) is 0 Å². The van der Waals surface area contributed by atoms with Gasteiger partial charge in [0, 0.05) is 18.8 Å². The number of rotatable bonds is 3. The number of nitrogens with zero attached hydrogens (tertiary/aromatic N) is 1. The second kappa shape index (κ2) is 7.24. The third kappa shape index (κ3) is 3.05. The van der Waals surface area contributed by atoms with Crippen molar-refractivity contribution in [2.75, 3.05) is 19.1 Å². The van der Waals surface area contributed by atoms with Gasteiger partial charge >= 0.3 is 0 Å². The second-order valence-corrected chi connectivity index (χ2v) is 8.29. The zero-order chi connectivity index (χ0) is 17.6. The highest BCUT2D eigenvalue weighted by Crippen LogP contribution is 2.52. The number of amides is 1. The van der Waals surface area contributed by atoms with Gasteiger partial charge in [0.05, 0.1) is 16.4 Å². The maximum atomic E-state index is 12.9. The first-order chi connectivity index (χ1) is 12.8. The third-order valence-corrected chi connectivity index (χ3v) is 7.26. The molecule has 0 saturated carbocycles. The van der Waals surface area contributed by atoms with Crippen molar-refractivity contribution >= 4 is 35.8 Å². The summed E-state index contributed by atoms with van der Waals surface area (Å²) in [6.07, 6.45) is 9.45. The first-order valence-corrected chi connectivity index (χ1v) is 9.96. The summed E-state index contributed by atoms with van der Waals surface area (Å²) in [5.74, 6) is 2.84. The number of aliphatic imine (C=N–C) groups is 1. The number of halogens is 1. The third-order valence-electron chi connectivity index (χ3n) is 5.61. The molecule has 1 N–H and O–H groups in total. The van der Waals surface area contributed by atoms with E-state index in [9.17, 15) is 4.79 Å². The summed E-state index contributed by atoms with van der Waals surface area (Å²) >= 11 is 1.87. The lowest BCUT2D eigenvalue weighted by molar-refractivity contribution is -0.125. The summed E-state index contributed by atoms with van der Waals surface area (Å²) in [6.45, 7) is 1.58. The molecule has 1 aliphatic carbocycles. The van der Waals surface area contributed by atoms with Crippen molar-refractivity contribution in [3.05, 3.63) is 48.1 Å². The summed E-state index contributed by atoms with van der Waals surface area (Å²) in [5, 5.41) is 3.13. The Morgan fingerprint density at radius 2 is 2.19 bits per heavy atom. The van der Waals surface area contributed by atoms with Crippen molar-refractivity contribution < 1.29 is 14.3 Å². The highest BCUT2D eigenvalue weighted by Gasteiger charge is 2.53. The number of fused-ring (bicyclic) bond motifs is 1. The van der Waals surface area contributed by atoms with Crippen molar-refractivity contribution in [1.29, 1.82) is 0 Å². The molecule has 5 rings (SSSR count). The fourth-order valence-corrected chi connectivity index (χ4v) is 6.08. The molecule has 3 atom stereocenters. The highest BCUT2D eigenvalue weighted by atomic mass is 35.5. The molecular formula is C20H21ClN2O3S. The van der Waals surface area contributed by atoms with Crippen LogP contribution in [0.4, 0.5) is 0 Å². The van der Waals surface area contributed by atoms with E-state index >= 15 is 0 Å². The number of thioether (sulfide) groups is 1. The molecule has 142 valence electrons. The zero-order valence-corrected chi connectivity index (χ0v) is 16.4. The minimum Gasteiger partial charge on any atom is -0.454 e. The fraction of sp³-hybridized carbons (Fsp3) is 0.400. The Labute approximate surface area is 168 Å². The molecule has 1 saturated heterocycles. The van der Waals surface area contributed by atoms with E-state index in [1.165, 1.54) is 0 Å². The zero-order valence-electron chi connectivity index (χ0n) is 14.7. The first kappa shape index (κ1) is 18.4. The van der Waals surface area contributed by atoms with Crippen LogP contribution in [0.1, 0.15) is 12.0 Å².